The molecule has 7 aromatic carbocycles. The summed E-state index contributed by atoms with van der Waals surface area (Å²) >= 11 is 1.56. The summed E-state index contributed by atoms with van der Waals surface area (Å²) in [5.74, 6) is 0.255. The SMILES string of the molecule is [2H]c1c([2H])c(-c2nc(-c3ccc(-c4ccccc4)cc3)nc(-c3cccc4c3sc3ccccc34)n2)c([2H])c(-c2c([2H])c([2H])c([2H])c3oc4c([2H])c([2H])c([2H])c([2H])c4c23)c1[2H]. The second-order valence-corrected chi connectivity index (χ2v) is 12.6. The molecular formula is C45H27N3OS. The van der Waals surface area contributed by atoms with Crippen LogP contribution < -0.4 is 0 Å². The van der Waals surface area contributed by atoms with E-state index in [0.29, 0.717) is 11.1 Å². The quantitative estimate of drug-likeness (QED) is 0.183. The molecule has 0 aliphatic rings. The lowest BCUT2D eigenvalue weighted by Crippen LogP contribution is -2.00. The van der Waals surface area contributed by atoms with Crippen molar-refractivity contribution in [3.63, 3.8) is 0 Å². The van der Waals surface area contributed by atoms with E-state index < -0.39 is 72.0 Å². The van der Waals surface area contributed by atoms with Crippen LogP contribution in [0.15, 0.2) is 168 Å². The van der Waals surface area contributed by atoms with Gasteiger partial charge in [0.2, 0.25) is 0 Å². The van der Waals surface area contributed by atoms with E-state index in [0.717, 1.165) is 31.3 Å². The minimum atomic E-state index is -0.654. The molecule has 0 saturated carbocycles. The molecule has 0 spiro atoms. The Kier molecular flexibility index (Phi) is 4.54. The second kappa shape index (κ2) is 11.6. The number of fused-ring (bicyclic) bond motifs is 6. The van der Waals surface area contributed by atoms with Gasteiger partial charge in [0.1, 0.15) is 11.2 Å². The number of para-hydroxylation sites is 1. The van der Waals surface area contributed by atoms with Crippen LogP contribution in [0.2, 0.25) is 0 Å². The van der Waals surface area contributed by atoms with Gasteiger partial charge < -0.3 is 4.42 Å². The molecule has 4 nitrogen and oxygen atoms in total. The molecule has 3 aromatic heterocycles. The van der Waals surface area contributed by atoms with E-state index in [1.807, 2.05) is 97.1 Å². The highest BCUT2D eigenvalue weighted by Crippen LogP contribution is 2.41. The fourth-order valence-electron chi connectivity index (χ4n) is 6.23. The molecule has 10 rings (SSSR count). The fraction of sp³-hybridized carbons (Fsp3) is 0. The van der Waals surface area contributed by atoms with Gasteiger partial charge in [-0.3, -0.25) is 0 Å². The normalized spacial score (nSPS) is 14.7. The van der Waals surface area contributed by atoms with Gasteiger partial charge >= 0.3 is 0 Å². The number of rotatable bonds is 5. The summed E-state index contributed by atoms with van der Waals surface area (Å²) in [5.41, 5.74) is 1.54. The van der Waals surface area contributed by atoms with Crippen LogP contribution in [0, 0.1) is 0 Å². The summed E-state index contributed by atoms with van der Waals surface area (Å²) < 4.78 is 105. The van der Waals surface area contributed by atoms with Gasteiger partial charge in [0.15, 0.2) is 17.5 Å². The Hall–Kier alpha value is -6.43. The third kappa shape index (κ3) is 4.79. The van der Waals surface area contributed by atoms with Crippen LogP contribution in [0.1, 0.15) is 15.1 Å². The predicted molar refractivity (Wildman–Crippen MR) is 207 cm³/mol. The lowest BCUT2D eigenvalue weighted by atomic mass is 9.98. The van der Waals surface area contributed by atoms with Crippen LogP contribution in [0.25, 0.3) is 98.5 Å². The zero-order valence-corrected chi connectivity index (χ0v) is 26.7. The third-order valence-electron chi connectivity index (χ3n) is 8.58. The van der Waals surface area contributed by atoms with E-state index in [2.05, 4.69) is 0 Å². The van der Waals surface area contributed by atoms with E-state index in [9.17, 15) is 2.74 Å². The summed E-state index contributed by atoms with van der Waals surface area (Å²) in [6, 6.07) is 24.6. The van der Waals surface area contributed by atoms with Crippen molar-refractivity contribution in [1.82, 2.24) is 15.0 Å². The van der Waals surface area contributed by atoms with Crippen molar-refractivity contribution in [3.05, 3.63) is 164 Å². The van der Waals surface area contributed by atoms with Crippen LogP contribution >= 0.6 is 11.3 Å². The molecule has 0 amide bonds. The monoisotopic (exact) mass is 668 g/mol. The Morgan fingerprint density at radius 2 is 1.14 bits per heavy atom. The van der Waals surface area contributed by atoms with Crippen LogP contribution in [0.4, 0.5) is 0 Å². The first-order valence-corrected chi connectivity index (χ1v) is 16.5. The number of furan rings is 1. The molecule has 0 aliphatic heterocycles. The highest BCUT2D eigenvalue weighted by atomic mass is 32.1. The summed E-state index contributed by atoms with van der Waals surface area (Å²) in [7, 11) is 0. The Bertz CT molecular complexity index is 3500. The van der Waals surface area contributed by atoms with Crippen molar-refractivity contribution in [1.29, 1.82) is 0 Å². The number of hydrogen-bond acceptors (Lipinski definition) is 5. The maximum absolute atomic E-state index is 9.71. The van der Waals surface area contributed by atoms with Gasteiger partial charge in [-0.1, -0.05) is 133 Å². The van der Waals surface area contributed by atoms with Gasteiger partial charge in [-0.25, -0.2) is 15.0 Å². The smallest absolute Gasteiger partial charge is 0.165 e. The maximum Gasteiger partial charge on any atom is 0.165 e. The molecule has 0 radical (unpaired) electrons. The molecule has 50 heavy (non-hydrogen) atoms. The molecule has 0 unspecified atom stereocenters. The Morgan fingerprint density at radius 1 is 0.460 bits per heavy atom. The van der Waals surface area contributed by atoms with E-state index in [4.69, 9.17) is 31.7 Å². The zero-order valence-electron chi connectivity index (χ0n) is 36.9. The van der Waals surface area contributed by atoms with Gasteiger partial charge in [0, 0.05) is 47.6 Å². The second-order valence-electron chi connectivity index (χ2n) is 11.5. The maximum atomic E-state index is 9.71. The number of hydrogen-bond donors (Lipinski definition) is 0. The van der Waals surface area contributed by atoms with Crippen LogP contribution in [0.5, 0.6) is 0 Å². The molecule has 10 aromatic rings. The number of benzene rings is 7. The molecule has 5 heteroatoms. The van der Waals surface area contributed by atoms with Crippen molar-refractivity contribution < 1.29 is 19.5 Å². The van der Waals surface area contributed by atoms with Gasteiger partial charge in [0.05, 0.1) is 15.1 Å². The molecule has 3 heterocycles. The summed E-state index contributed by atoms with van der Waals surface area (Å²) in [6.07, 6.45) is 0. The zero-order chi connectivity index (χ0) is 42.6. The first-order chi connectivity index (χ1) is 29.3. The highest BCUT2D eigenvalue weighted by molar-refractivity contribution is 7.26. The topological polar surface area (TPSA) is 51.8 Å². The van der Waals surface area contributed by atoms with Crippen molar-refractivity contribution in [2.45, 2.75) is 0 Å². The molecule has 234 valence electrons. The first-order valence-electron chi connectivity index (χ1n) is 21.2. The lowest BCUT2D eigenvalue weighted by Gasteiger charge is -2.11. The largest absolute Gasteiger partial charge is 0.456 e. The fourth-order valence-corrected chi connectivity index (χ4v) is 7.44. The van der Waals surface area contributed by atoms with Crippen molar-refractivity contribution >= 4 is 53.4 Å². The third-order valence-corrected chi connectivity index (χ3v) is 9.80. The molecule has 0 bridgehead atoms. The summed E-state index contributed by atoms with van der Waals surface area (Å²) in [6.45, 7) is 0. The first kappa shape index (κ1) is 19.5. The summed E-state index contributed by atoms with van der Waals surface area (Å²) in [4.78, 5) is 14.7. The van der Waals surface area contributed by atoms with E-state index in [1.54, 1.807) is 11.3 Å². The van der Waals surface area contributed by atoms with Gasteiger partial charge in [-0.05, 0) is 52.5 Å². The molecule has 0 aliphatic carbocycles. The minimum absolute atomic E-state index is 0.167. The predicted octanol–water partition coefficient (Wildman–Crippen LogP) is 12.5. The molecule has 0 N–H and O–H groups in total. The average Bonchev–Trinajstić information content (AvgIpc) is 3.87. The number of aromatic nitrogens is 3. The summed E-state index contributed by atoms with van der Waals surface area (Å²) in [5, 5.41) is 1.63. The minimum Gasteiger partial charge on any atom is -0.456 e. The van der Waals surface area contributed by atoms with Gasteiger partial charge in [-0.15, -0.1) is 11.3 Å². The van der Waals surface area contributed by atoms with E-state index >= 15 is 0 Å². The number of nitrogens with zero attached hydrogens (tertiary/aromatic N) is 3. The van der Waals surface area contributed by atoms with E-state index in [1.165, 1.54) is 0 Å². The molecule has 0 atom stereocenters. The molecule has 0 fully saturated rings. The van der Waals surface area contributed by atoms with Crippen molar-refractivity contribution in [2.24, 2.45) is 0 Å². The Morgan fingerprint density at radius 3 is 2.04 bits per heavy atom. The van der Waals surface area contributed by atoms with Gasteiger partial charge in [-0.2, -0.15) is 0 Å². The lowest BCUT2D eigenvalue weighted by molar-refractivity contribution is 0.669. The highest BCUT2D eigenvalue weighted by Gasteiger charge is 2.18. The number of thiophene rings is 1. The van der Waals surface area contributed by atoms with Crippen LogP contribution in [-0.4, -0.2) is 15.0 Å². The van der Waals surface area contributed by atoms with Gasteiger partial charge in [0.25, 0.3) is 0 Å². The molecule has 0 saturated heterocycles. The Labute approximate surface area is 307 Å². The van der Waals surface area contributed by atoms with Crippen molar-refractivity contribution in [2.75, 3.05) is 0 Å². The standard InChI is InChI=1S/C45H27N3OS/c1-2-11-28(12-3-1)29-23-25-30(26-24-29)43-46-44(48-45(47-43)37-19-9-18-35-34-15-5-7-22-40(34)50-42(35)37)32-14-8-13-31(27-32)33-17-10-21-39-41(33)36-16-4-6-20-38(36)49-39/h1-27H/i4D,6D,8D,10D,13D,14D,16D,17D,20D,21D,27D. The van der Waals surface area contributed by atoms with Crippen molar-refractivity contribution in [3.8, 4) is 56.4 Å². The van der Waals surface area contributed by atoms with E-state index in [-0.39, 0.29) is 50.5 Å². The molecular weight excluding hydrogens is 631 g/mol. The van der Waals surface area contributed by atoms with Crippen LogP contribution in [-0.2, 0) is 0 Å². The van der Waals surface area contributed by atoms with Crippen LogP contribution in [0.3, 0.4) is 0 Å². The Balaban J connectivity index is 1.28. The average molecular weight is 669 g/mol.